The molecule has 0 fully saturated rings. The number of hydrogen-bond acceptors (Lipinski definition) is 2. The standard InChI is InChI=1S/C21H27BrO2Si/c1-16-13-14-19(23-16)20(24-25(5,6)21(2,3)4)12-8-10-17-9-7-11-18(22)15-17/h7,9,11,13-15,20H,12H2,1-6H3. The van der Waals surface area contributed by atoms with E-state index in [2.05, 4.69) is 61.6 Å². The molecule has 2 nitrogen and oxygen atoms in total. The largest absolute Gasteiger partial charge is 0.464 e. The minimum Gasteiger partial charge on any atom is -0.464 e. The molecule has 1 aromatic heterocycles. The van der Waals surface area contributed by atoms with Crippen LogP contribution in [-0.2, 0) is 4.43 Å². The molecule has 1 unspecified atom stereocenters. The second-order valence-corrected chi connectivity index (χ2v) is 13.5. The van der Waals surface area contributed by atoms with Gasteiger partial charge < -0.3 is 8.84 Å². The van der Waals surface area contributed by atoms with Crippen LogP contribution in [-0.4, -0.2) is 8.32 Å². The highest BCUT2D eigenvalue weighted by atomic mass is 79.9. The lowest BCUT2D eigenvalue weighted by molar-refractivity contribution is 0.160. The molecule has 0 N–H and O–H groups in total. The summed E-state index contributed by atoms with van der Waals surface area (Å²) >= 11 is 3.48. The van der Waals surface area contributed by atoms with Gasteiger partial charge in [0, 0.05) is 16.5 Å². The van der Waals surface area contributed by atoms with Crippen LogP contribution in [0.5, 0.6) is 0 Å². The zero-order valence-corrected chi connectivity index (χ0v) is 18.5. The molecule has 134 valence electrons. The second-order valence-electron chi connectivity index (χ2n) is 7.83. The van der Waals surface area contributed by atoms with Gasteiger partial charge in [-0.2, -0.15) is 0 Å². The van der Waals surface area contributed by atoms with Gasteiger partial charge in [-0.3, -0.25) is 0 Å². The van der Waals surface area contributed by atoms with Gasteiger partial charge in [-0.1, -0.05) is 54.6 Å². The fraction of sp³-hybridized carbons (Fsp3) is 0.429. The van der Waals surface area contributed by atoms with Crippen molar-refractivity contribution in [3.8, 4) is 11.8 Å². The molecule has 0 saturated carbocycles. The van der Waals surface area contributed by atoms with Gasteiger partial charge in [-0.15, -0.1) is 0 Å². The Kier molecular flexibility index (Phi) is 6.37. The van der Waals surface area contributed by atoms with Crippen molar-refractivity contribution in [3.63, 3.8) is 0 Å². The Balaban J connectivity index is 2.21. The molecule has 0 spiro atoms. The number of hydrogen-bond donors (Lipinski definition) is 0. The molecule has 2 aromatic rings. The zero-order chi connectivity index (χ0) is 18.7. The maximum absolute atomic E-state index is 6.60. The topological polar surface area (TPSA) is 22.4 Å². The summed E-state index contributed by atoms with van der Waals surface area (Å²) in [7, 11) is -1.92. The first kappa shape index (κ1) is 20.0. The van der Waals surface area contributed by atoms with E-state index in [0.29, 0.717) is 6.42 Å². The summed E-state index contributed by atoms with van der Waals surface area (Å²) in [5.41, 5.74) is 0.996. The first-order valence-corrected chi connectivity index (χ1v) is 12.3. The van der Waals surface area contributed by atoms with Gasteiger partial charge in [0.15, 0.2) is 8.32 Å². The van der Waals surface area contributed by atoms with Gasteiger partial charge in [0.1, 0.15) is 17.6 Å². The van der Waals surface area contributed by atoms with Crippen molar-refractivity contribution in [1.82, 2.24) is 0 Å². The molecular formula is C21H27BrO2Si. The molecule has 1 heterocycles. The lowest BCUT2D eigenvalue weighted by Crippen LogP contribution is -2.41. The lowest BCUT2D eigenvalue weighted by Gasteiger charge is -2.38. The van der Waals surface area contributed by atoms with Crippen LogP contribution in [0.4, 0.5) is 0 Å². The summed E-state index contributed by atoms with van der Waals surface area (Å²) < 4.78 is 13.5. The van der Waals surface area contributed by atoms with Crippen molar-refractivity contribution in [1.29, 1.82) is 0 Å². The van der Waals surface area contributed by atoms with Gasteiger partial charge in [0.25, 0.3) is 0 Å². The summed E-state index contributed by atoms with van der Waals surface area (Å²) in [5, 5.41) is 0.143. The predicted molar refractivity (Wildman–Crippen MR) is 110 cm³/mol. The number of benzene rings is 1. The second kappa shape index (κ2) is 7.95. The Morgan fingerprint density at radius 2 is 1.92 bits per heavy atom. The summed E-state index contributed by atoms with van der Waals surface area (Å²) in [6, 6.07) is 12.0. The van der Waals surface area contributed by atoms with Crippen molar-refractivity contribution in [2.24, 2.45) is 0 Å². The molecule has 1 atom stereocenters. The Morgan fingerprint density at radius 1 is 1.20 bits per heavy atom. The van der Waals surface area contributed by atoms with Crippen molar-refractivity contribution in [2.45, 2.75) is 58.4 Å². The SMILES string of the molecule is Cc1ccc(C(CC#Cc2cccc(Br)c2)O[Si](C)(C)C(C)(C)C)o1. The van der Waals surface area contributed by atoms with E-state index in [0.717, 1.165) is 21.6 Å². The summed E-state index contributed by atoms with van der Waals surface area (Å²) in [6.45, 7) is 13.2. The molecule has 0 aliphatic rings. The molecule has 4 heteroatoms. The van der Waals surface area contributed by atoms with E-state index in [1.54, 1.807) is 0 Å². The van der Waals surface area contributed by atoms with Gasteiger partial charge in [-0.05, 0) is 55.4 Å². The molecule has 25 heavy (non-hydrogen) atoms. The molecule has 0 amide bonds. The van der Waals surface area contributed by atoms with Crippen LogP contribution in [0.15, 0.2) is 45.3 Å². The Morgan fingerprint density at radius 3 is 2.48 bits per heavy atom. The van der Waals surface area contributed by atoms with Gasteiger partial charge in [0.05, 0.1) is 0 Å². The van der Waals surface area contributed by atoms with E-state index in [-0.39, 0.29) is 11.1 Å². The number of halogens is 1. The van der Waals surface area contributed by atoms with Crippen molar-refractivity contribution >= 4 is 24.2 Å². The highest BCUT2D eigenvalue weighted by Crippen LogP contribution is 2.40. The maximum atomic E-state index is 6.60. The van der Waals surface area contributed by atoms with E-state index in [1.807, 2.05) is 43.3 Å². The van der Waals surface area contributed by atoms with Crippen molar-refractivity contribution < 1.29 is 8.84 Å². The van der Waals surface area contributed by atoms with Crippen LogP contribution >= 0.6 is 15.9 Å². The van der Waals surface area contributed by atoms with E-state index in [1.165, 1.54) is 0 Å². The van der Waals surface area contributed by atoms with Gasteiger partial charge in [-0.25, -0.2) is 0 Å². The molecular weight excluding hydrogens is 392 g/mol. The maximum Gasteiger partial charge on any atom is 0.193 e. The van der Waals surface area contributed by atoms with Crippen LogP contribution in [0.3, 0.4) is 0 Å². The highest BCUT2D eigenvalue weighted by Gasteiger charge is 2.39. The smallest absolute Gasteiger partial charge is 0.193 e. The lowest BCUT2D eigenvalue weighted by atomic mass is 10.2. The van der Waals surface area contributed by atoms with E-state index < -0.39 is 8.32 Å². The minimum absolute atomic E-state index is 0.130. The van der Waals surface area contributed by atoms with E-state index in [4.69, 9.17) is 8.84 Å². The van der Waals surface area contributed by atoms with Crippen LogP contribution in [0.25, 0.3) is 0 Å². The number of rotatable bonds is 4. The normalized spacial score (nSPS) is 13.2. The molecule has 0 aliphatic heterocycles. The van der Waals surface area contributed by atoms with Crippen molar-refractivity contribution in [3.05, 3.63) is 58.0 Å². The van der Waals surface area contributed by atoms with E-state index >= 15 is 0 Å². The fourth-order valence-electron chi connectivity index (χ4n) is 2.17. The van der Waals surface area contributed by atoms with Gasteiger partial charge >= 0.3 is 0 Å². The summed E-state index contributed by atoms with van der Waals surface area (Å²) in [6.07, 6.45) is 0.487. The molecule has 1 aromatic carbocycles. The van der Waals surface area contributed by atoms with Gasteiger partial charge in [0.2, 0.25) is 0 Å². The number of furan rings is 1. The number of aryl methyl sites for hydroxylation is 1. The third kappa shape index (κ3) is 5.60. The first-order valence-electron chi connectivity index (χ1n) is 8.57. The highest BCUT2D eigenvalue weighted by molar-refractivity contribution is 9.10. The first-order chi connectivity index (χ1) is 11.6. The summed E-state index contributed by atoms with van der Waals surface area (Å²) in [5.74, 6) is 8.28. The molecule has 2 rings (SSSR count). The summed E-state index contributed by atoms with van der Waals surface area (Å²) in [4.78, 5) is 0. The monoisotopic (exact) mass is 418 g/mol. The minimum atomic E-state index is -1.92. The van der Waals surface area contributed by atoms with Crippen molar-refractivity contribution in [2.75, 3.05) is 0 Å². The fourth-order valence-corrected chi connectivity index (χ4v) is 3.83. The average Bonchev–Trinajstić information content (AvgIpc) is 2.91. The molecule has 0 aliphatic carbocycles. The molecule has 0 radical (unpaired) electrons. The van der Waals surface area contributed by atoms with E-state index in [9.17, 15) is 0 Å². The third-order valence-electron chi connectivity index (χ3n) is 4.67. The van der Waals surface area contributed by atoms with Crippen LogP contribution < -0.4 is 0 Å². The average molecular weight is 419 g/mol. The van der Waals surface area contributed by atoms with Crippen LogP contribution in [0.1, 0.15) is 50.4 Å². The quantitative estimate of drug-likeness (QED) is 0.399. The molecule has 0 bridgehead atoms. The Bertz CT molecular complexity index is 775. The van der Waals surface area contributed by atoms with Crippen LogP contribution in [0.2, 0.25) is 18.1 Å². The Labute approximate surface area is 161 Å². The Hall–Kier alpha value is -1.28. The third-order valence-corrected chi connectivity index (χ3v) is 9.65. The predicted octanol–water partition coefficient (Wildman–Crippen LogP) is 6.86. The molecule has 0 saturated heterocycles. The van der Waals surface area contributed by atoms with Crippen LogP contribution in [0, 0.1) is 18.8 Å². The zero-order valence-electron chi connectivity index (χ0n) is 15.9.